The van der Waals surface area contributed by atoms with E-state index in [1.165, 1.54) is 0 Å². The summed E-state index contributed by atoms with van der Waals surface area (Å²) in [4.78, 5) is 0. The molecule has 0 saturated heterocycles. The van der Waals surface area contributed by atoms with Gasteiger partial charge in [-0.1, -0.05) is 15.9 Å². The van der Waals surface area contributed by atoms with Gasteiger partial charge in [-0.3, -0.25) is 0 Å². The van der Waals surface area contributed by atoms with Crippen LogP contribution in [0.4, 0.5) is 26.3 Å². The molecule has 0 aliphatic heterocycles. The molecule has 0 fully saturated rings. The van der Waals surface area contributed by atoms with Crippen molar-refractivity contribution in [3.05, 3.63) is 0 Å². The number of alkyl halides is 7. The number of hydrogen-bond donors (Lipinski definition) is 1. The SMILES string of the molecule is OC(CBr)(C(F)(F)F)C(F)(F)F. The standard InChI is InChI=1S/C4H3BrF6O/c5-1-2(12,3(6,7)8)4(9,10)11/h12H,1H2. The Labute approximate surface area is 71.5 Å². The Bertz CT molecular complexity index is 146. The van der Waals surface area contributed by atoms with Crippen molar-refractivity contribution in [1.82, 2.24) is 0 Å². The van der Waals surface area contributed by atoms with Crippen molar-refractivity contribution in [3.63, 3.8) is 0 Å². The zero-order chi connectivity index (χ0) is 10.2. The molecule has 12 heavy (non-hydrogen) atoms. The second kappa shape index (κ2) is 3.06. The van der Waals surface area contributed by atoms with E-state index in [1.807, 2.05) is 15.9 Å². The first kappa shape index (κ1) is 12.0. The molecule has 74 valence electrons. The van der Waals surface area contributed by atoms with Crippen LogP contribution in [-0.2, 0) is 0 Å². The topological polar surface area (TPSA) is 20.2 Å². The van der Waals surface area contributed by atoms with Crippen LogP contribution in [-0.4, -0.2) is 28.4 Å². The highest BCUT2D eigenvalue weighted by molar-refractivity contribution is 9.09. The highest BCUT2D eigenvalue weighted by atomic mass is 79.9. The first-order valence-electron chi connectivity index (χ1n) is 2.48. The molecule has 0 amide bonds. The minimum Gasteiger partial charge on any atom is -0.373 e. The summed E-state index contributed by atoms with van der Waals surface area (Å²) in [6.45, 7) is 0. The van der Waals surface area contributed by atoms with Crippen molar-refractivity contribution in [3.8, 4) is 0 Å². The van der Waals surface area contributed by atoms with Crippen LogP contribution >= 0.6 is 15.9 Å². The van der Waals surface area contributed by atoms with E-state index in [2.05, 4.69) is 0 Å². The molecule has 0 saturated carbocycles. The molecule has 0 radical (unpaired) electrons. The molecule has 0 aromatic rings. The summed E-state index contributed by atoms with van der Waals surface area (Å²) in [6, 6.07) is 0. The van der Waals surface area contributed by atoms with Gasteiger partial charge in [0, 0.05) is 0 Å². The molecule has 0 heterocycles. The van der Waals surface area contributed by atoms with E-state index < -0.39 is 23.3 Å². The van der Waals surface area contributed by atoms with Crippen LogP contribution in [0.1, 0.15) is 0 Å². The van der Waals surface area contributed by atoms with E-state index in [4.69, 9.17) is 5.11 Å². The zero-order valence-electron chi connectivity index (χ0n) is 5.30. The van der Waals surface area contributed by atoms with Gasteiger partial charge in [-0.15, -0.1) is 0 Å². The summed E-state index contributed by atoms with van der Waals surface area (Å²) >= 11 is 1.95. The summed E-state index contributed by atoms with van der Waals surface area (Å²) in [6.07, 6.45) is -11.5. The molecule has 0 spiro atoms. The van der Waals surface area contributed by atoms with Gasteiger partial charge in [-0.25, -0.2) is 0 Å². The number of halogens is 7. The minimum atomic E-state index is -5.73. The molecule has 0 aliphatic rings. The van der Waals surface area contributed by atoms with Crippen molar-refractivity contribution in [2.45, 2.75) is 18.0 Å². The molecule has 0 unspecified atom stereocenters. The van der Waals surface area contributed by atoms with Crippen molar-refractivity contribution >= 4 is 15.9 Å². The van der Waals surface area contributed by atoms with Crippen LogP contribution in [0.2, 0.25) is 0 Å². The molecule has 1 N–H and O–H groups in total. The van der Waals surface area contributed by atoms with Crippen LogP contribution in [0.5, 0.6) is 0 Å². The molecule has 8 heteroatoms. The smallest absolute Gasteiger partial charge is 0.373 e. The van der Waals surface area contributed by atoms with Crippen LogP contribution in [0.25, 0.3) is 0 Å². The Morgan fingerprint density at radius 3 is 1.17 bits per heavy atom. The van der Waals surface area contributed by atoms with E-state index in [0.717, 1.165) is 0 Å². The van der Waals surface area contributed by atoms with Crippen LogP contribution in [0, 0.1) is 0 Å². The summed E-state index contributed by atoms with van der Waals surface area (Å²) in [5.41, 5.74) is -4.67. The third-order valence-electron chi connectivity index (χ3n) is 1.13. The Hall–Kier alpha value is 0.0200. The minimum absolute atomic E-state index is 1.63. The van der Waals surface area contributed by atoms with E-state index >= 15 is 0 Å². The third kappa shape index (κ3) is 1.85. The second-order valence-electron chi connectivity index (χ2n) is 1.99. The monoisotopic (exact) mass is 260 g/mol. The van der Waals surface area contributed by atoms with E-state index in [-0.39, 0.29) is 0 Å². The lowest BCUT2D eigenvalue weighted by molar-refractivity contribution is -0.358. The lowest BCUT2D eigenvalue weighted by atomic mass is 10.1. The lowest BCUT2D eigenvalue weighted by Gasteiger charge is -2.30. The predicted molar refractivity (Wildman–Crippen MR) is 30.9 cm³/mol. The maximum atomic E-state index is 11.6. The van der Waals surface area contributed by atoms with Gasteiger partial charge in [-0.05, 0) is 0 Å². The van der Waals surface area contributed by atoms with Gasteiger partial charge >= 0.3 is 12.4 Å². The third-order valence-corrected chi connectivity index (χ3v) is 1.94. The predicted octanol–water partition coefficient (Wildman–Crippen LogP) is 2.24. The first-order valence-corrected chi connectivity index (χ1v) is 3.60. The first-order chi connectivity index (χ1) is 5.06. The Kier molecular flexibility index (Phi) is 3.06. The van der Waals surface area contributed by atoms with Crippen molar-refractivity contribution in [1.29, 1.82) is 0 Å². The Balaban J connectivity index is 4.95. The molecule has 0 atom stereocenters. The van der Waals surface area contributed by atoms with Gasteiger partial charge < -0.3 is 5.11 Å². The molecular formula is C4H3BrF6O. The molecule has 0 aromatic heterocycles. The zero-order valence-corrected chi connectivity index (χ0v) is 6.89. The number of rotatable bonds is 1. The largest absolute Gasteiger partial charge is 0.427 e. The Morgan fingerprint density at radius 1 is 0.917 bits per heavy atom. The maximum Gasteiger partial charge on any atom is 0.427 e. The average molecular weight is 261 g/mol. The highest BCUT2D eigenvalue weighted by Gasteiger charge is 2.69. The maximum absolute atomic E-state index is 11.6. The molecule has 0 aliphatic carbocycles. The van der Waals surface area contributed by atoms with Crippen molar-refractivity contribution in [2.75, 3.05) is 5.33 Å². The van der Waals surface area contributed by atoms with Gasteiger partial charge in [0.2, 0.25) is 0 Å². The van der Waals surface area contributed by atoms with Gasteiger partial charge in [-0.2, -0.15) is 26.3 Å². The number of hydrogen-bond acceptors (Lipinski definition) is 1. The van der Waals surface area contributed by atoms with Crippen LogP contribution < -0.4 is 0 Å². The fraction of sp³-hybridized carbons (Fsp3) is 1.00. The van der Waals surface area contributed by atoms with Gasteiger partial charge in [0.15, 0.2) is 0 Å². The quantitative estimate of drug-likeness (QED) is 0.566. The van der Waals surface area contributed by atoms with Crippen molar-refractivity contribution in [2.24, 2.45) is 0 Å². The molecule has 1 nitrogen and oxygen atoms in total. The normalized spacial score (nSPS) is 15.0. The van der Waals surface area contributed by atoms with Crippen molar-refractivity contribution < 1.29 is 31.4 Å². The van der Waals surface area contributed by atoms with Crippen LogP contribution in [0.3, 0.4) is 0 Å². The van der Waals surface area contributed by atoms with Gasteiger partial charge in [0.25, 0.3) is 5.60 Å². The molecule has 0 aromatic carbocycles. The number of aliphatic hydroxyl groups is 1. The molecular weight excluding hydrogens is 258 g/mol. The Morgan fingerprint density at radius 2 is 1.17 bits per heavy atom. The highest BCUT2D eigenvalue weighted by Crippen LogP contribution is 2.43. The van der Waals surface area contributed by atoms with E-state index in [1.54, 1.807) is 0 Å². The fourth-order valence-electron chi connectivity index (χ4n) is 0.312. The molecule has 0 bridgehead atoms. The van der Waals surface area contributed by atoms with Gasteiger partial charge in [0.05, 0.1) is 5.33 Å². The molecule has 0 rings (SSSR count). The summed E-state index contributed by atoms with van der Waals surface area (Å²) in [5, 5.41) is 6.56. The van der Waals surface area contributed by atoms with E-state index in [9.17, 15) is 26.3 Å². The lowest BCUT2D eigenvalue weighted by Crippen LogP contribution is -2.58. The van der Waals surface area contributed by atoms with E-state index in [0.29, 0.717) is 0 Å². The average Bonchev–Trinajstić information content (AvgIpc) is 1.81. The van der Waals surface area contributed by atoms with Crippen LogP contribution in [0.15, 0.2) is 0 Å². The van der Waals surface area contributed by atoms with Gasteiger partial charge in [0.1, 0.15) is 0 Å². The summed E-state index contributed by atoms with van der Waals surface area (Å²) in [7, 11) is 0. The fourth-order valence-corrected chi connectivity index (χ4v) is 0.948. The second-order valence-corrected chi connectivity index (χ2v) is 2.55. The summed E-state index contributed by atoms with van der Waals surface area (Å²) < 4.78 is 69.6. The summed E-state index contributed by atoms with van der Waals surface area (Å²) in [5.74, 6) is 0.